The molecular formula is C25H26FN3O5. The van der Waals surface area contributed by atoms with E-state index >= 15 is 0 Å². The molecule has 2 aliphatic rings. The molecule has 34 heavy (non-hydrogen) atoms. The summed E-state index contributed by atoms with van der Waals surface area (Å²) in [5.74, 6) is -1.36. The maximum Gasteiger partial charge on any atom is 0.410 e. The molecule has 3 amide bonds. The third-order valence-electron chi connectivity index (χ3n) is 5.96. The molecule has 8 nitrogen and oxygen atoms in total. The molecule has 9 heteroatoms. The first-order chi connectivity index (χ1) is 16.4. The molecule has 0 aromatic heterocycles. The molecule has 4 rings (SSSR count). The molecule has 2 aromatic carbocycles. The number of nitrogens with zero attached hydrogens (tertiary/aromatic N) is 1. The quantitative estimate of drug-likeness (QED) is 0.541. The molecule has 1 aliphatic heterocycles. The number of fused-ring (bicyclic) bond motifs is 1. The highest BCUT2D eigenvalue weighted by molar-refractivity contribution is 5.99. The number of halogens is 1. The number of para-hydroxylation sites is 1. The Bertz CT molecular complexity index is 1130. The molecule has 0 radical (unpaired) electrons. The minimum atomic E-state index is -0.849. The number of aliphatic carboxylic acids is 1. The van der Waals surface area contributed by atoms with Gasteiger partial charge in [-0.1, -0.05) is 29.8 Å². The molecular weight excluding hydrogens is 441 g/mol. The van der Waals surface area contributed by atoms with Gasteiger partial charge in [0, 0.05) is 25.2 Å². The fourth-order valence-electron chi connectivity index (χ4n) is 4.18. The van der Waals surface area contributed by atoms with E-state index in [1.165, 1.54) is 12.1 Å². The molecule has 2 aromatic rings. The molecule has 1 heterocycles. The Labute approximate surface area is 196 Å². The van der Waals surface area contributed by atoms with Gasteiger partial charge in [0.15, 0.2) is 0 Å². The Morgan fingerprint density at radius 1 is 1.09 bits per heavy atom. The molecule has 0 saturated carbocycles. The highest BCUT2D eigenvalue weighted by Crippen LogP contribution is 2.26. The fourth-order valence-corrected chi connectivity index (χ4v) is 4.18. The van der Waals surface area contributed by atoms with Gasteiger partial charge in [0.05, 0.1) is 12.1 Å². The van der Waals surface area contributed by atoms with Crippen LogP contribution < -0.4 is 10.6 Å². The summed E-state index contributed by atoms with van der Waals surface area (Å²) in [7, 11) is 0. The van der Waals surface area contributed by atoms with E-state index in [-0.39, 0.29) is 24.3 Å². The van der Waals surface area contributed by atoms with Crippen molar-refractivity contribution in [3.05, 3.63) is 71.1 Å². The number of carboxylic acids is 1. The summed E-state index contributed by atoms with van der Waals surface area (Å²) in [5, 5.41) is 14.1. The SMILES string of the molecule is O=C(O)CC1=CCC(OC(=O)N2CCc3cc(NC(=O)Nc4ccccc4F)ccc3C2)CC1. The number of nitrogens with one attached hydrogen (secondary N) is 2. The predicted octanol–water partition coefficient (Wildman–Crippen LogP) is 4.92. The normalized spacial score (nSPS) is 17.3. The second-order valence-corrected chi connectivity index (χ2v) is 8.43. The summed E-state index contributed by atoms with van der Waals surface area (Å²) in [6.45, 7) is 0.895. The lowest BCUT2D eigenvalue weighted by atomic mass is 9.95. The summed E-state index contributed by atoms with van der Waals surface area (Å²) >= 11 is 0. The molecule has 0 fully saturated rings. The predicted molar refractivity (Wildman–Crippen MR) is 124 cm³/mol. The number of carboxylic acid groups (broad SMARTS) is 1. The van der Waals surface area contributed by atoms with Crippen molar-refractivity contribution in [1.29, 1.82) is 0 Å². The number of anilines is 2. The Morgan fingerprint density at radius 2 is 1.91 bits per heavy atom. The Balaban J connectivity index is 1.30. The summed E-state index contributed by atoms with van der Waals surface area (Å²) in [6, 6.07) is 10.8. The lowest BCUT2D eigenvalue weighted by molar-refractivity contribution is -0.136. The van der Waals surface area contributed by atoms with Crippen LogP contribution in [-0.2, 0) is 22.5 Å². The third-order valence-corrected chi connectivity index (χ3v) is 5.96. The van der Waals surface area contributed by atoms with Crippen LogP contribution in [0, 0.1) is 5.82 Å². The van der Waals surface area contributed by atoms with Crippen LogP contribution >= 0.6 is 0 Å². The van der Waals surface area contributed by atoms with Gasteiger partial charge >= 0.3 is 18.1 Å². The number of urea groups is 1. The van der Waals surface area contributed by atoms with Crippen LogP contribution in [0.3, 0.4) is 0 Å². The second-order valence-electron chi connectivity index (χ2n) is 8.43. The molecule has 0 saturated heterocycles. The zero-order valence-electron chi connectivity index (χ0n) is 18.6. The first-order valence-electron chi connectivity index (χ1n) is 11.2. The van der Waals surface area contributed by atoms with Gasteiger partial charge < -0.3 is 25.4 Å². The van der Waals surface area contributed by atoms with E-state index in [1.807, 2.05) is 18.2 Å². The van der Waals surface area contributed by atoms with Crippen molar-refractivity contribution in [3.63, 3.8) is 0 Å². The first-order valence-corrected chi connectivity index (χ1v) is 11.2. The van der Waals surface area contributed by atoms with Crippen LogP contribution in [0.2, 0.25) is 0 Å². The maximum absolute atomic E-state index is 13.7. The largest absolute Gasteiger partial charge is 0.481 e. The first kappa shape index (κ1) is 23.3. The third kappa shape index (κ3) is 5.92. The number of benzene rings is 2. The van der Waals surface area contributed by atoms with Gasteiger partial charge in [-0.25, -0.2) is 14.0 Å². The molecule has 1 atom stereocenters. The van der Waals surface area contributed by atoms with Crippen molar-refractivity contribution in [2.75, 3.05) is 17.2 Å². The molecule has 0 bridgehead atoms. The average molecular weight is 467 g/mol. The van der Waals surface area contributed by atoms with Gasteiger partial charge in [0.2, 0.25) is 0 Å². The van der Waals surface area contributed by atoms with E-state index in [0.29, 0.717) is 44.5 Å². The fraction of sp³-hybridized carbons (Fsp3) is 0.320. The van der Waals surface area contributed by atoms with Crippen molar-refractivity contribution in [1.82, 2.24) is 4.90 Å². The van der Waals surface area contributed by atoms with E-state index in [1.54, 1.807) is 23.1 Å². The smallest absolute Gasteiger partial charge is 0.410 e. The highest BCUT2D eigenvalue weighted by atomic mass is 19.1. The summed E-state index contributed by atoms with van der Waals surface area (Å²) in [4.78, 5) is 37.3. The van der Waals surface area contributed by atoms with Crippen LogP contribution in [0.5, 0.6) is 0 Å². The summed E-state index contributed by atoms with van der Waals surface area (Å²) < 4.78 is 19.4. The van der Waals surface area contributed by atoms with Gasteiger partial charge in [-0.15, -0.1) is 0 Å². The standard InChI is InChI=1S/C25H26FN3O5/c26-21-3-1-2-4-22(21)28-24(32)27-19-8-7-18-15-29(12-11-17(18)14-19)25(33)34-20-9-5-16(6-10-20)13-23(30)31/h1-5,7-8,14,20H,6,9-13,15H2,(H,30,31)(H2,27,28,32). The Hall–Kier alpha value is -3.88. The van der Waals surface area contributed by atoms with E-state index < -0.39 is 17.8 Å². The Kier molecular flexibility index (Phi) is 7.10. The molecule has 3 N–H and O–H groups in total. The zero-order chi connectivity index (χ0) is 24.1. The Morgan fingerprint density at radius 3 is 2.65 bits per heavy atom. The van der Waals surface area contributed by atoms with Crippen LogP contribution in [0.15, 0.2) is 54.1 Å². The number of carbonyl (C=O) groups excluding carboxylic acids is 2. The minimum absolute atomic E-state index is 0.0330. The lowest BCUT2D eigenvalue weighted by Crippen LogP contribution is -2.38. The van der Waals surface area contributed by atoms with Gasteiger partial charge in [-0.3, -0.25) is 4.79 Å². The molecule has 0 spiro atoms. The van der Waals surface area contributed by atoms with Crippen LogP contribution in [0.1, 0.15) is 36.8 Å². The van der Waals surface area contributed by atoms with E-state index in [0.717, 1.165) is 16.7 Å². The maximum atomic E-state index is 13.7. The van der Waals surface area contributed by atoms with Crippen LogP contribution in [-0.4, -0.2) is 40.7 Å². The van der Waals surface area contributed by atoms with Crippen molar-refractivity contribution in [2.45, 2.75) is 44.8 Å². The summed E-state index contributed by atoms with van der Waals surface area (Å²) in [6.07, 6.45) is 3.66. The number of ether oxygens (including phenoxy) is 1. The van der Waals surface area contributed by atoms with Crippen molar-refractivity contribution in [3.8, 4) is 0 Å². The van der Waals surface area contributed by atoms with Crippen molar-refractivity contribution < 1.29 is 28.6 Å². The van der Waals surface area contributed by atoms with Gasteiger partial charge in [0.25, 0.3) is 0 Å². The number of amides is 3. The van der Waals surface area contributed by atoms with Crippen LogP contribution in [0.4, 0.5) is 25.4 Å². The van der Waals surface area contributed by atoms with Gasteiger partial charge in [0.1, 0.15) is 11.9 Å². The van der Waals surface area contributed by atoms with E-state index in [2.05, 4.69) is 10.6 Å². The number of hydrogen-bond acceptors (Lipinski definition) is 4. The number of hydrogen-bond donors (Lipinski definition) is 3. The monoisotopic (exact) mass is 467 g/mol. The second kappa shape index (κ2) is 10.4. The van der Waals surface area contributed by atoms with Crippen LogP contribution in [0.25, 0.3) is 0 Å². The lowest BCUT2D eigenvalue weighted by Gasteiger charge is -2.31. The van der Waals surface area contributed by atoms with Gasteiger partial charge in [-0.05, 0) is 54.7 Å². The highest BCUT2D eigenvalue weighted by Gasteiger charge is 2.26. The minimum Gasteiger partial charge on any atom is -0.481 e. The van der Waals surface area contributed by atoms with E-state index in [9.17, 15) is 18.8 Å². The van der Waals surface area contributed by atoms with E-state index in [4.69, 9.17) is 9.84 Å². The summed E-state index contributed by atoms with van der Waals surface area (Å²) in [5.41, 5.74) is 3.54. The zero-order valence-corrected chi connectivity index (χ0v) is 18.6. The molecule has 1 unspecified atom stereocenters. The average Bonchev–Trinajstić information content (AvgIpc) is 2.81. The number of rotatable bonds is 5. The van der Waals surface area contributed by atoms with Crippen molar-refractivity contribution >= 4 is 29.5 Å². The molecule has 1 aliphatic carbocycles. The van der Waals surface area contributed by atoms with Crippen molar-refractivity contribution in [2.24, 2.45) is 0 Å². The molecule has 178 valence electrons. The topological polar surface area (TPSA) is 108 Å². The van der Waals surface area contributed by atoms with Gasteiger partial charge in [-0.2, -0.15) is 0 Å². The number of carbonyl (C=O) groups is 3.